The Labute approximate surface area is 74.0 Å². The number of hydrogen-bond donors (Lipinski definition) is 0. The highest BCUT2D eigenvalue weighted by molar-refractivity contribution is 7.57. The van der Waals surface area contributed by atoms with Crippen LogP contribution >= 0.6 is 7.92 Å². The first-order chi connectivity index (χ1) is 2.89. The van der Waals surface area contributed by atoms with Gasteiger partial charge in [-0.2, -0.15) is 0 Å². The van der Waals surface area contributed by atoms with E-state index < -0.39 is 0 Å². The fraction of sp³-hybridized carbons (Fsp3) is 1.00. The third-order valence-corrected chi connectivity index (χ3v) is 3.49. The second-order valence-corrected chi connectivity index (χ2v) is 4.62. The van der Waals surface area contributed by atoms with Crippen LogP contribution in [0.2, 0.25) is 0 Å². The van der Waals surface area contributed by atoms with E-state index in [1.807, 2.05) is 0 Å². The molecule has 0 aliphatic carbocycles. The molecule has 0 nitrogen and oxygen atoms in total. The van der Waals surface area contributed by atoms with Gasteiger partial charge in [0.25, 0.3) is 0 Å². The summed E-state index contributed by atoms with van der Waals surface area (Å²) in [7, 11) is 0.535. The molecular weight excluding hydrogens is 134 g/mol. The topological polar surface area (TPSA) is 0 Å². The molecule has 1 aliphatic heterocycles. The van der Waals surface area contributed by atoms with E-state index in [2.05, 4.69) is 6.66 Å². The largest absolute Gasteiger partial charge is 0.110 e. The predicted molar refractivity (Wildman–Crippen MR) is 71.6 cm³/mol. The van der Waals surface area contributed by atoms with Crippen LogP contribution in [0.15, 0.2) is 0 Å². The van der Waals surface area contributed by atoms with Gasteiger partial charge in [-0.25, -0.2) is 0 Å². The van der Waals surface area contributed by atoms with Crippen LogP contribution in [0.25, 0.3) is 0 Å². The summed E-state index contributed by atoms with van der Waals surface area (Å²) in [6.07, 6.45) is 6.13. The Morgan fingerprint density at radius 2 is 1.10 bits per heavy atom. The van der Waals surface area contributed by atoms with Gasteiger partial charge in [-0.1, -0.05) is 0 Å². The van der Waals surface area contributed by atoms with Gasteiger partial charge in [0, 0.05) is 0 Å². The van der Waals surface area contributed by atoms with Crippen molar-refractivity contribution in [2.45, 2.75) is 12.8 Å². The van der Waals surface area contributed by atoms with E-state index >= 15 is 0 Å². The molecule has 0 aromatic carbocycles. The van der Waals surface area contributed by atoms with Gasteiger partial charge in [0.2, 0.25) is 0 Å². The molecule has 0 radical (unpaired) electrons. The molecule has 0 aromatic rings. The van der Waals surface area contributed by atoms with Crippen molar-refractivity contribution in [1.29, 1.82) is 0 Å². The third-order valence-electron chi connectivity index (χ3n) is 1.33. The lowest BCUT2D eigenvalue weighted by atomic mass is 10.4. The summed E-state index contributed by atoms with van der Waals surface area (Å²) in [4.78, 5) is 0. The van der Waals surface area contributed by atoms with Crippen LogP contribution in [0.4, 0.5) is 0 Å². The summed E-state index contributed by atoms with van der Waals surface area (Å²) in [6.45, 7) is 2.41. The van der Waals surface area contributed by atoms with E-state index in [4.69, 9.17) is 0 Å². The van der Waals surface area contributed by atoms with Crippen LogP contribution in [0, 0.1) is 0 Å². The monoisotopic (exact) mass is 158 g/mol. The highest BCUT2D eigenvalue weighted by Crippen LogP contribution is 2.38. The molecule has 1 fully saturated rings. The maximum absolute atomic E-state index is 2.41. The number of rotatable bonds is 0. The Bertz CT molecular complexity index is 46.9. The minimum absolute atomic E-state index is 0. The van der Waals surface area contributed by atoms with Crippen LogP contribution < -0.4 is 0 Å². The molecule has 1 heterocycles. The zero-order chi connectivity index (χ0) is 4.41. The van der Waals surface area contributed by atoms with Gasteiger partial charge >= 0.3 is 0 Å². The third kappa shape index (κ3) is 8.69. The maximum atomic E-state index is 2.41. The zero-order valence-corrected chi connectivity index (χ0v) is 5.17. The van der Waals surface area contributed by atoms with E-state index in [1.165, 1.54) is 12.8 Å². The van der Waals surface area contributed by atoms with Gasteiger partial charge in [-0.3, -0.25) is 0 Å². The van der Waals surface area contributed by atoms with E-state index in [9.17, 15) is 0 Å². The van der Waals surface area contributed by atoms with E-state index in [0.29, 0.717) is 7.92 Å². The Hall–Kier alpha value is 0.690. The molecule has 1 rings (SSSR count). The minimum atomic E-state index is 0. The first-order valence-corrected chi connectivity index (χ1v) is 4.74. The van der Waals surface area contributed by atoms with E-state index in [1.54, 1.807) is 12.3 Å². The van der Waals surface area contributed by atoms with Gasteiger partial charge in [-0.05, 0) is 31.8 Å². The molecule has 0 saturated carbocycles. The average molecular weight is 157 g/mol. The molecule has 10 heavy (non-hydrogen) atoms. The van der Waals surface area contributed by atoms with Crippen LogP contribution in [0.5, 0.6) is 0 Å². The smallest absolute Gasteiger partial charge is 0.0814 e. The molecule has 0 atom stereocenters. The number of hydrogen-bond acceptors (Lipinski definition) is 0. The van der Waals surface area contributed by atoms with Gasteiger partial charge in [0.1, 0.15) is 0 Å². The van der Waals surface area contributed by atoms with Gasteiger partial charge in [0.05, 0.1) is 33.7 Å². The highest BCUT2D eigenvalue weighted by Gasteiger charge is 2.06. The molecule has 5 heteroatoms. The maximum Gasteiger partial charge on any atom is 0.0814 e. The minimum Gasteiger partial charge on any atom is -0.110 e. The Morgan fingerprint density at radius 1 is 0.800 bits per heavy atom. The SMILES string of the molecule is B.B.B.B.CP1CCCC1. The summed E-state index contributed by atoms with van der Waals surface area (Å²) < 4.78 is 0. The first kappa shape index (κ1) is 22.4. The van der Waals surface area contributed by atoms with Crippen molar-refractivity contribution in [1.82, 2.24) is 0 Å². The summed E-state index contributed by atoms with van der Waals surface area (Å²) >= 11 is 0. The molecular formula is C5H23B4P. The summed E-state index contributed by atoms with van der Waals surface area (Å²) in [5.74, 6) is 0. The normalized spacial score (nSPS) is 15.3. The molecule has 0 aromatic heterocycles. The fourth-order valence-electron chi connectivity index (χ4n) is 0.875. The summed E-state index contributed by atoms with van der Waals surface area (Å²) in [6, 6.07) is 0. The van der Waals surface area contributed by atoms with Gasteiger partial charge in [0.15, 0.2) is 0 Å². The first-order valence-electron chi connectivity index (χ1n) is 2.58. The van der Waals surface area contributed by atoms with E-state index in [-0.39, 0.29) is 33.7 Å². The Morgan fingerprint density at radius 3 is 1.20 bits per heavy atom. The molecule has 0 spiro atoms. The lowest BCUT2D eigenvalue weighted by Crippen LogP contribution is -1.65. The molecule has 1 aliphatic rings. The molecule has 1 saturated heterocycles. The average Bonchev–Trinajstić information content (AvgIpc) is 1.86. The predicted octanol–water partition coefficient (Wildman–Crippen LogP) is -2.84. The summed E-state index contributed by atoms with van der Waals surface area (Å²) in [5.41, 5.74) is 0. The molecule has 0 N–H and O–H groups in total. The van der Waals surface area contributed by atoms with Gasteiger partial charge in [-0.15, -0.1) is 7.92 Å². The molecule has 0 unspecified atom stereocenters. The van der Waals surface area contributed by atoms with Gasteiger partial charge < -0.3 is 0 Å². The van der Waals surface area contributed by atoms with Crippen molar-refractivity contribution in [2.24, 2.45) is 0 Å². The van der Waals surface area contributed by atoms with Crippen LogP contribution in [0.3, 0.4) is 0 Å². The zero-order valence-electron chi connectivity index (χ0n) is 4.28. The Balaban J connectivity index is -0.0000000450. The highest BCUT2D eigenvalue weighted by atomic mass is 31.1. The Kier molecular flexibility index (Phi) is 27.8. The second-order valence-electron chi connectivity index (χ2n) is 2.01. The van der Waals surface area contributed by atoms with Crippen molar-refractivity contribution in [2.75, 3.05) is 19.0 Å². The van der Waals surface area contributed by atoms with Crippen LogP contribution in [-0.4, -0.2) is 52.6 Å². The van der Waals surface area contributed by atoms with Crippen LogP contribution in [0.1, 0.15) is 12.8 Å². The molecule has 60 valence electrons. The molecule has 0 bridgehead atoms. The van der Waals surface area contributed by atoms with Crippen LogP contribution in [-0.2, 0) is 0 Å². The van der Waals surface area contributed by atoms with Crippen molar-refractivity contribution in [3.8, 4) is 0 Å². The van der Waals surface area contributed by atoms with E-state index in [0.717, 1.165) is 0 Å². The fourth-order valence-corrected chi connectivity index (χ4v) is 2.63. The lowest BCUT2D eigenvalue weighted by molar-refractivity contribution is 0.949. The quantitative estimate of drug-likeness (QED) is 0.262. The van der Waals surface area contributed by atoms with Crippen molar-refractivity contribution >= 4 is 41.6 Å². The van der Waals surface area contributed by atoms with Crippen molar-refractivity contribution < 1.29 is 0 Å². The lowest BCUT2D eigenvalue weighted by Gasteiger charge is -1.93. The second kappa shape index (κ2) is 12.4. The van der Waals surface area contributed by atoms with Crippen molar-refractivity contribution in [3.63, 3.8) is 0 Å². The summed E-state index contributed by atoms with van der Waals surface area (Å²) in [5, 5.41) is 0. The molecule has 0 amide bonds. The van der Waals surface area contributed by atoms with Crippen molar-refractivity contribution in [3.05, 3.63) is 0 Å². The standard InChI is InChI=1S/C5H11P.4BH3/c1-6-4-2-3-5-6;;;;/h2-5H2,1H3;4*1H3.